The molecular formula is C14H21FN2. The largest absolute Gasteiger partial charge is 0.328 e. The first kappa shape index (κ1) is 12.5. The van der Waals surface area contributed by atoms with Gasteiger partial charge in [0, 0.05) is 18.1 Å². The normalized spacial score (nSPS) is 25.7. The molecule has 17 heavy (non-hydrogen) atoms. The van der Waals surface area contributed by atoms with E-state index >= 15 is 0 Å². The van der Waals surface area contributed by atoms with E-state index in [9.17, 15) is 4.39 Å². The number of rotatable bonds is 4. The van der Waals surface area contributed by atoms with E-state index in [4.69, 9.17) is 5.73 Å². The van der Waals surface area contributed by atoms with E-state index in [1.165, 1.54) is 12.1 Å². The molecule has 3 heteroatoms. The number of benzene rings is 1. The molecule has 1 fully saturated rings. The van der Waals surface area contributed by atoms with Gasteiger partial charge >= 0.3 is 0 Å². The molecule has 0 saturated heterocycles. The molecule has 1 aromatic rings. The van der Waals surface area contributed by atoms with Gasteiger partial charge in [-0.3, -0.25) is 0 Å². The van der Waals surface area contributed by atoms with Crippen LogP contribution >= 0.6 is 0 Å². The third-order valence-corrected chi connectivity index (χ3v) is 3.49. The van der Waals surface area contributed by atoms with Crippen molar-refractivity contribution in [2.75, 3.05) is 0 Å². The summed E-state index contributed by atoms with van der Waals surface area (Å²) in [5.74, 6) is 0.305. The van der Waals surface area contributed by atoms with Crippen LogP contribution in [0.2, 0.25) is 0 Å². The first-order chi connectivity index (χ1) is 8.06. The molecule has 2 rings (SSSR count). The van der Waals surface area contributed by atoms with Crippen LogP contribution in [0.25, 0.3) is 0 Å². The Bertz CT molecular complexity index is 355. The van der Waals surface area contributed by atoms with Gasteiger partial charge < -0.3 is 11.1 Å². The maximum absolute atomic E-state index is 12.9. The molecular weight excluding hydrogens is 215 g/mol. The van der Waals surface area contributed by atoms with E-state index in [1.54, 1.807) is 0 Å². The SMILES string of the molecule is CC(C)C(NC1CC(N)C1)c1ccc(F)cc1. The van der Waals surface area contributed by atoms with Gasteiger partial charge in [0.25, 0.3) is 0 Å². The molecule has 1 aromatic carbocycles. The third kappa shape index (κ3) is 3.05. The van der Waals surface area contributed by atoms with Crippen LogP contribution < -0.4 is 11.1 Å². The Kier molecular flexibility index (Phi) is 3.79. The van der Waals surface area contributed by atoms with Gasteiger partial charge in [0.05, 0.1) is 0 Å². The highest BCUT2D eigenvalue weighted by Gasteiger charge is 2.29. The molecule has 1 atom stereocenters. The number of halogens is 1. The fraction of sp³-hybridized carbons (Fsp3) is 0.571. The van der Waals surface area contributed by atoms with Crippen LogP contribution in [0.4, 0.5) is 4.39 Å². The minimum Gasteiger partial charge on any atom is -0.328 e. The summed E-state index contributed by atoms with van der Waals surface area (Å²) in [4.78, 5) is 0. The molecule has 0 aromatic heterocycles. The van der Waals surface area contributed by atoms with E-state index in [-0.39, 0.29) is 11.9 Å². The van der Waals surface area contributed by atoms with E-state index in [1.807, 2.05) is 12.1 Å². The van der Waals surface area contributed by atoms with Gasteiger partial charge in [-0.05, 0) is 36.5 Å². The van der Waals surface area contributed by atoms with E-state index in [0.717, 1.165) is 18.4 Å². The third-order valence-electron chi connectivity index (χ3n) is 3.49. The zero-order chi connectivity index (χ0) is 12.4. The van der Waals surface area contributed by atoms with Crippen LogP contribution in [-0.4, -0.2) is 12.1 Å². The van der Waals surface area contributed by atoms with Crippen molar-refractivity contribution in [3.63, 3.8) is 0 Å². The lowest BCUT2D eigenvalue weighted by atomic mass is 9.85. The second-order valence-corrected chi connectivity index (χ2v) is 5.37. The molecule has 94 valence electrons. The molecule has 0 radical (unpaired) electrons. The Labute approximate surface area is 102 Å². The molecule has 2 nitrogen and oxygen atoms in total. The van der Waals surface area contributed by atoms with Crippen LogP contribution in [0.15, 0.2) is 24.3 Å². The molecule has 3 N–H and O–H groups in total. The van der Waals surface area contributed by atoms with Gasteiger partial charge in [-0.1, -0.05) is 26.0 Å². The van der Waals surface area contributed by atoms with Gasteiger partial charge in [-0.2, -0.15) is 0 Å². The fourth-order valence-corrected chi connectivity index (χ4v) is 2.40. The first-order valence-electron chi connectivity index (χ1n) is 6.33. The summed E-state index contributed by atoms with van der Waals surface area (Å²) in [6, 6.07) is 7.94. The second-order valence-electron chi connectivity index (χ2n) is 5.37. The average molecular weight is 236 g/mol. The molecule has 0 spiro atoms. The van der Waals surface area contributed by atoms with Crippen LogP contribution in [-0.2, 0) is 0 Å². The summed E-state index contributed by atoms with van der Waals surface area (Å²) in [6.07, 6.45) is 2.09. The van der Waals surface area contributed by atoms with Crippen molar-refractivity contribution in [1.29, 1.82) is 0 Å². The Morgan fingerprint density at radius 3 is 2.29 bits per heavy atom. The predicted molar refractivity (Wildman–Crippen MR) is 68.1 cm³/mol. The molecule has 1 saturated carbocycles. The molecule has 0 heterocycles. The summed E-state index contributed by atoms with van der Waals surface area (Å²) < 4.78 is 12.9. The van der Waals surface area contributed by atoms with Crippen molar-refractivity contribution in [1.82, 2.24) is 5.32 Å². The fourth-order valence-electron chi connectivity index (χ4n) is 2.40. The van der Waals surface area contributed by atoms with Crippen molar-refractivity contribution in [3.05, 3.63) is 35.6 Å². The van der Waals surface area contributed by atoms with E-state index < -0.39 is 0 Å². The Morgan fingerprint density at radius 2 is 1.82 bits per heavy atom. The summed E-state index contributed by atoms with van der Waals surface area (Å²) in [7, 11) is 0. The first-order valence-corrected chi connectivity index (χ1v) is 6.33. The number of hydrogen-bond acceptors (Lipinski definition) is 2. The summed E-state index contributed by atoms with van der Waals surface area (Å²) >= 11 is 0. The number of nitrogens with two attached hydrogens (primary N) is 1. The van der Waals surface area contributed by atoms with Gasteiger partial charge in [-0.15, -0.1) is 0 Å². The Hall–Kier alpha value is -0.930. The maximum atomic E-state index is 12.9. The second kappa shape index (κ2) is 5.15. The van der Waals surface area contributed by atoms with Crippen molar-refractivity contribution < 1.29 is 4.39 Å². The number of hydrogen-bond donors (Lipinski definition) is 2. The maximum Gasteiger partial charge on any atom is 0.123 e. The lowest BCUT2D eigenvalue weighted by Crippen LogP contribution is -2.50. The Morgan fingerprint density at radius 1 is 1.24 bits per heavy atom. The zero-order valence-corrected chi connectivity index (χ0v) is 10.5. The quantitative estimate of drug-likeness (QED) is 0.843. The lowest BCUT2D eigenvalue weighted by Gasteiger charge is -2.37. The highest BCUT2D eigenvalue weighted by atomic mass is 19.1. The highest BCUT2D eigenvalue weighted by molar-refractivity contribution is 5.20. The van der Waals surface area contributed by atoms with E-state index in [0.29, 0.717) is 18.0 Å². The lowest BCUT2D eigenvalue weighted by molar-refractivity contribution is 0.243. The average Bonchev–Trinajstić information content (AvgIpc) is 2.24. The molecule has 0 aliphatic heterocycles. The van der Waals surface area contributed by atoms with Crippen molar-refractivity contribution >= 4 is 0 Å². The van der Waals surface area contributed by atoms with Crippen molar-refractivity contribution in [3.8, 4) is 0 Å². The summed E-state index contributed by atoms with van der Waals surface area (Å²) in [6.45, 7) is 4.36. The minimum absolute atomic E-state index is 0.179. The molecule has 1 aliphatic carbocycles. The Balaban J connectivity index is 2.04. The molecule has 0 bridgehead atoms. The summed E-state index contributed by atoms with van der Waals surface area (Å²) in [5, 5.41) is 3.62. The molecule has 1 aliphatic rings. The topological polar surface area (TPSA) is 38.0 Å². The van der Waals surface area contributed by atoms with E-state index in [2.05, 4.69) is 19.2 Å². The van der Waals surface area contributed by atoms with Gasteiger partial charge in [-0.25, -0.2) is 4.39 Å². The molecule has 0 amide bonds. The van der Waals surface area contributed by atoms with Gasteiger partial charge in [0.1, 0.15) is 5.82 Å². The molecule has 1 unspecified atom stereocenters. The monoisotopic (exact) mass is 236 g/mol. The van der Waals surface area contributed by atoms with Crippen LogP contribution in [0.1, 0.15) is 38.3 Å². The van der Waals surface area contributed by atoms with Crippen LogP contribution in [0, 0.1) is 11.7 Å². The smallest absolute Gasteiger partial charge is 0.123 e. The van der Waals surface area contributed by atoms with Crippen molar-refractivity contribution in [2.45, 2.75) is 44.8 Å². The number of nitrogens with one attached hydrogen (secondary N) is 1. The van der Waals surface area contributed by atoms with Gasteiger partial charge in [0.2, 0.25) is 0 Å². The highest BCUT2D eigenvalue weighted by Crippen LogP contribution is 2.27. The standard InChI is InChI=1S/C14H21FN2/c1-9(2)14(17-13-7-12(16)8-13)10-3-5-11(15)6-4-10/h3-6,9,12-14,17H,7-8,16H2,1-2H3. The van der Waals surface area contributed by atoms with Crippen molar-refractivity contribution in [2.24, 2.45) is 11.7 Å². The van der Waals surface area contributed by atoms with Crippen LogP contribution in [0.5, 0.6) is 0 Å². The van der Waals surface area contributed by atoms with Crippen LogP contribution in [0.3, 0.4) is 0 Å². The van der Waals surface area contributed by atoms with Gasteiger partial charge in [0.15, 0.2) is 0 Å². The summed E-state index contributed by atoms with van der Waals surface area (Å²) in [5.41, 5.74) is 6.94. The predicted octanol–water partition coefficient (Wildman–Crippen LogP) is 2.60. The zero-order valence-electron chi connectivity index (χ0n) is 10.5. The minimum atomic E-state index is -0.179.